The fourth-order valence-corrected chi connectivity index (χ4v) is 3.04. The first-order valence-electron chi connectivity index (χ1n) is 8.74. The zero-order chi connectivity index (χ0) is 18.6. The number of piperazine rings is 1. The number of carbonyl (C=O) groups is 2. The van der Waals surface area contributed by atoms with Crippen LogP contribution in [0.15, 0.2) is 18.2 Å². The number of nitrogens with one attached hydrogen (secondary N) is 1. The maximum Gasteiger partial charge on any atom is 0.237 e. The summed E-state index contributed by atoms with van der Waals surface area (Å²) in [5.41, 5.74) is 2.18. The minimum absolute atomic E-state index is 0.00652. The highest BCUT2D eigenvalue weighted by atomic mass is 16.5. The molecule has 0 bridgehead atoms. The molecule has 1 aromatic rings. The number of rotatable bonds is 6. The van der Waals surface area contributed by atoms with Gasteiger partial charge in [-0.15, -0.1) is 0 Å². The van der Waals surface area contributed by atoms with Crippen molar-refractivity contribution in [2.24, 2.45) is 0 Å². The van der Waals surface area contributed by atoms with E-state index in [1.165, 1.54) is 0 Å². The Balaban J connectivity index is 2.12. The molecular weight excluding hydrogens is 318 g/mol. The zero-order valence-corrected chi connectivity index (χ0v) is 15.8. The van der Waals surface area contributed by atoms with Crippen LogP contribution in [0.25, 0.3) is 0 Å². The molecule has 1 aliphatic rings. The summed E-state index contributed by atoms with van der Waals surface area (Å²) in [5.74, 6) is 0.778. The van der Waals surface area contributed by atoms with Gasteiger partial charge in [-0.2, -0.15) is 0 Å². The lowest BCUT2D eigenvalue weighted by Gasteiger charge is -2.36. The monoisotopic (exact) mass is 347 g/mol. The molecule has 0 aliphatic carbocycles. The standard InChI is InChI=1S/C19H29N3O3/c1-13(2)21(4)18(23)11-16-19(24)20-8-9-22(16)12-15-6-7-17(25-5)14(3)10-15/h6-7,10,13,16H,8-9,11-12H2,1-5H3,(H,20,24). The molecule has 1 saturated heterocycles. The predicted molar refractivity (Wildman–Crippen MR) is 97.5 cm³/mol. The van der Waals surface area contributed by atoms with Crippen LogP contribution < -0.4 is 10.1 Å². The van der Waals surface area contributed by atoms with Crippen molar-refractivity contribution >= 4 is 11.8 Å². The Kier molecular flexibility index (Phi) is 6.42. The number of carbonyl (C=O) groups excluding carboxylic acids is 2. The summed E-state index contributed by atoms with van der Waals surface area (Å²) in [5, 5.41) is 2.88. The van der Waals surface area contributed by atoms with Gasteiger partial charge in [-0.3, -0.25) is 14.5 Å². The molecule has 1 fully saturated rings. The van der Waals surface area contributed by atoms with Gasteiger partial charge in [0.1, 0.15) is 5.75 Å². The normalized spacial score (nSPS) is 18.2. The second-order valence-electron chi connectivity index (χ2n) is 6.88. The molecule has 6 nitrogen and oxygen atoms in total. The highest BCUT2D eigenvalue weighted by Crippen LogP contribution is 2.21. The summed E-state index contributed by atoms with van der Waals surface area (Å²) in [7, 11) is 3.44. The van der Waals surface area contributed by atoms with E-state index in [9.17, 15) is 9.59 Å². The number of aryl methyl sites for hydroxylation is 1. The average Bonchev–Trinajstić information content (AvgIpc) is 2.57. The molecule has 0 saturated carbocycles. The van der Waals surface area contributed by atoms with Gasteiger partial charge in [0.15, 0.2) is 0 Å². The lowest BCUT2D eigenvalue weighted by atomic mass is 10.0. The number of ether oxygens (including phenoxy) is 1. The van der Waals surface area contributed by atoms with E-state index < -0.39 is 6.04 Å². The van der Waals surface area contributed by atoms with E-state index in [-0.39, 0.29) is 24.3 Å². The first-order chi connectivity index (χ1) is 11.8. The average molecular weight is 347 g/mol. The van der Waals surface area contributed by atoms with Crippen molar-refractivity contribution < 1.29 is 14.3 Å². The summed E-state index contributed by atoms with van der Waals surface area (Å²) < 4.78 is 5.30. The Morgan fingerprint density at radius 2 is 2.16 bits per heavy atom. The fraction of sp³-hybridized carbons (Fsp3) is 0.579. The summed E-state index contributed by atoms with van der Waals surface area (Å²) in [6.07, 6.45) is 0.204. The van der Waals surface area contributed by atoms with Crippen LogP contribution in [0.4, 0.5) is 0 Å². The van der Waals surface area contributed by atoms with Crippen molar-refractivity contribution in [2.45, 2.75) is 45.8 Å². The van der Waals surface area contributed by atoms with Crippen LogP contribution in [0.2, 0.25) is 0 Å². The van der Waals surface area contributed by atoms with Crippen LogP contribution in [-0.2, 0) is 16.1 Å². The van der Waals surface area contributed by atoms with Gasteiger partial charge in [-0.25, -0.2) is 0 Å². The number of benzene rings is 1. The van der Waals surface area contributed by atoms with E-state index in [1.54, 1.807) is 19.1 Å². The Morgan fingerprint density at radius 1 is 1.44 bits per heavy atom. The molecule has 25 heavy (non-hydrogen) atoms. The number of nitrogens with zero attached hydrogens (tertiary/aromatic N) is 2. The molecule has 138 valence electrons. The predicted octanol–water partition coefficient (Wildman–Crippen LogP) is 1.56. The molecule has 0 aromatic heterocycles. The third-order valence-corrected chi connectivity index (χ3v) is 4.82. The van der Waals surface area contributed by atoms with Crippen LogP contribution in [0, 0.1) is 6.92 Å². The smallest absolute Gasteiger partial charge is 0.237 e. The Labute approximate surface area is 150 Å². The summed E-state index contributed by atoms with van der Waals surface area (Å²) >= 11 is 0. The molecule has 1 N–H and O–H groups in total. The van der Waals surface area contributed by atoms with Crippen LogP contribution in [-0.4, -0.2) is 60.9 Å². The number of amides is 2. The van der Waals surface area contributed by atoms with Crippen molar-refractivity contribution in [1.82, 2.24) is 15.1 Å². The Bertz CT molecular complexity index is 630. The van der Waals surface area contributed by atoms with Crippen LogP contribution >= 0.6 is 0 Å². The maximum absolute atomic E-state index is 12.4. The van der Waals surface area contributed by atoms with Crippen LogP contribution in [0.1, 0.15) is 31.4 Å². The quantitative estimate of drug-likeness (QED) is 0.848. The maximum atomic E-state index is 12.4. The van der Waals surface area contributed by atoms with Gasteiger partial charge < -0.3 is 15.0 Å². The van der Waals surface area contributed by atoms with Crippen molar-refractivity contribution in [3.05, 3.63) is 29.3 Å². The minimum atomic E-state index is -0.426. The minimum Gasteiger partial charge on any atom is -0.496 e. The molecule has 1 aliphatic heterocycles. The molecule has 0 spiro atoms. The SMILES string of the molecule is COc1ccc(CN2CCNC(=O)C2CC(=O)N(C)C(C)C)cc1C. The number of hydrogen-bond acceptors (Lipinski definition) is 4. The fourth-order valence-electron chi connectivity index (χ4n) is 3.04. The highest BCUT2D eigenvalue weighted by Gasteiger charge is 2.32. The van der Waals surface area contributed by atoms with Crippen LogP contribution in [0.5, 0.6) is 5.75 Å². The lowest BCUT2D eigenvalue weighted by molar-refractivity contribution is -0.139. The van der Waals surface area contributed by atoms with E-state index in [1.807, 2.05) is 32.9 Å². The third kappa shape index (κ3) is 4.72. The molecular formula is C19H29N3O3. The molecule has 1 unspecified atom stereocenters. The highest BCUT2D eigenvalue weighted by molar-refractivity contribution is 5.88. The van der Waals surface area contributed by atoms with Gasteiger partial charge in [0, 0.05) is 32.7 Å². The molecule has 1 atom stereocenters. The van der Waals surface area contributed by atoms with E-state index >= 15 is 0 Å². The van der Waals surface area contributed by atoms with Crippen molar-refractivity contribution in [3.8, 4) is 5.75 Å². The number of methoxy groups -OCH3 is 1. The molecule has 2 amide bonds. The van der Waals surface area contributed by atoms with E-state index in [0.29, 0.717) is 13.1 Å². The summed E-state index contributed by atoms with van der Waals surface area (Å²) in [4.78, 5) is 28.6. The Hall–Kier alpha value is -2.08. The molecule has 2 rings (SSSR count). The molecule has 0 radical (unpaired) electrons. The molecule has 6 heteroatoms. The topological polar surface area (TPSA) is 61.9 Å². The third-order valence-electron chi connectivity index (χ3n) is 4.82. The number of hydrogen-bond donors (Lipinski definition) is 1. The first-order valence-corrected chi connectivity index (χ1v) is 8.74. The van der Waals surface area contributed by atoms with Crippen molar-refractivity contribution in [2.75, 3.05) is 27.2 Å². The van der Waals surface area contributed by atoms with Gasteiger partial charge in [0.05, 0.1) is 19.6 Å². The second-order valence-corrected chi connectivity index (χ2v) is 6.88. The van der Waals surface area contributed by atoms with Crippen molar-refractivity contribution in [3.63, 3.8) is 0 Å². The van der Waals surface area contributed by atoms with Crippen LogP contribution in [0.3, 0.4) is 0 Å². The molecule has 1 aromatic carbocycles. The summed E-state index contributed by atoms with van der Waals surface area (Å²) in [6.45, 7) is 7.93. The lowest BCUT2D eigenvalue weighted by Crippen LogP contribution is -2.56. The van der Waals surface area contributed by atoms with E-state index in [0.717, 1.165) is 23.4 Å². The van der Waals surface area contributed by atoms with Gasteiger partial charge in [-0.1, -0.05) is 12.1 Å². The van der Waals surface area contributed by atoms with Gasteiger partial charge in [0.25, 0.3) is 0 Å². The van der Waals surface area contributed by atoms with Gasteiger partial charge in [-0.05, 0) is 38.0 Å². The van der Waals surface area contributed by atoms with Gasteiger partial charge in [0.2, 0.25) is 11.8 Å². The van der Waals surface area contributed by atoms with Crippen molar-refractivity contribution in [1.29, 1.82) is 0 Å². The van der Waals surface area contributed by atoms with Gasteiger partial charge >= 0.3 is 0 Å². The second kappa shape index (κ2) is 8.34. The largest absolute Gasteiger partial charge is 0.496 e. The molecule has 1 heterocycles. The first kappa shape index (κ1) is 19.2. The zero-order valence-electron chi connectivity index (χ0n) is 15.8. The van der Waals surface area contributed by atoms with E-state index in [2.05, 4.69) is 16.3 Å². The summed E-state index contributed by atoms with van der Waals surface area (Å²) in [6, 6.07) is 5.73. The Morgan fingerprint density at radius 3 is 2.76 bits per heavy atom. The van der Waals surface area contributed by atoms with E-state index in [4.69, 9.17) is 4.74 Å².